The maximum atomic E-state index is 11.2. The predicted molar refractivity (Wildman–Crippen MR) is 66.0 cm³/mol. The number of anilines is 1. The van der Waals surface area contributed by atoms with Crippen molar-refractivity contribution in [1.82, 2.24) is 0 Å². The van der Waals surface area contributed by atoms with E-state index in [0.29, 0.717) is 36.8 Å². The molecule has 1 rings (SSSR count). The Bertz CT molecular complexity index is 380. The van der Waals surface area contributed by atoms with Crippen LogP contribution in [0, 0.1) is 0 Å². The third-order valence-corrected chi connectivity index (χ3v) is 2.19. The third-order valence-electron chi connectivity index (χ3n) is 2.19. The number of rotatable bonds is 7. The van der Waals surface area contributed by atoms with E-state index in [1.54, 1.807) is 18.2 Å². The molecule has 0 saturated heterocycles. The molecule has 5 heteroatoms. The monoisotopic (exact) mass is 238 g/mol. The van der Waals surface area contributed by atoms with E-state index in [1.165, 1.54) is 0 Å². The molecule has 94 valence electrons. The summed E-state index contributed by atoms with van der Waals surface area (Å²) in [6, 6.07) is 4.93. The van der Waals surface area contributed by atoms with Crippen molar-refractivity contribution < 1.29 is 14.3 Å². The summed E-state index contributed by atoms with van der Waals surface area (Å²) < 4.78 is 10.6. The van der Waals surface area contributed by atoms with E-state index in [1.807, 2.05) is 6.92 Å². The van der Waals surface area contributed by atoms with Crippen LogP contribution in [0.1, 0.15) is 23.7 Å². The first-order chi connectivity index (χ1) is 8.16. The van der Waals surface area contributed by atoms with Gasteiger partial charge in [-0.05, 0) is 19.1 Å². The van der Waals surface area contributed by atoms with Crippen molar-refractivity contribution in [2.24, 2.45) is 5.73 Å². The number of nitrogens with two attached hydrogens (primary N) is 2. The minimum atomic E-state index is -0.544. The number of hydrogen-bond acceptors (Lipinski definition) is 4. The lowest BCUT2D eigenvalue weighted by atomic mass is 10.1. The second-order valence-electron chi connectivity index (χ2n) is 3.49. The highest BCUT2D eigenvalue weighted by Crippen LogP contribution is 2.25. The largest absolute Gasteiger partial charge is 0.490 e. The number of para-hydroxylation sites is 1. The van der Waals surface area contributed by atoms with Crippen LogP contribution in [0.3, 0.4) is 0 Å². The summed E-state index contributed by atoms with van der Waals surface area (Å²) in [5, 5.41) is 0. The highest BCUT2D eigenvalue weighted by atomic mass is 16.5. The Morgan fingerprint density at radius 1 is 1.35 bits per heavy atom. The minimum Gasteiger partial charge on any atom is -0.490 e. The van der Waals surface area contributed by atoms with Crippen LogP contribution in [0.4, 0.5) is 5.69 Å². The van der Waals surface area contributed by atoms with Crippen molar-refractivity contribution in [2.45, 2.75) is 13.3 Å². The summed E-state index contributed by atoms with van der Waals surface area (Å²) in [7, 11) is 0. The van der Waals surface area contributed by atoms with Gasteiger partial charge in [0.1, 0.15) is 0 Å². The average Bonchev–Trinajstić information content (AvgIpc) is 2.30. The lowest BCUT2D eigenvalue weighted by Gasteiger charge is -2.11. The number of ether oxygens (including phenoxy) is 2. The number of carbonyl (C=O) groups excluding carboxylic acids is 1. The molecule has 0 bridgehead atoms. The van der Waals surface area contributed by atoms with E-state index >= 15 is 0 Å². The second-order valence-corrected chi connectivity index (χ2v) is 3.49. The Morgan fingerprint density at radius 2 is 2.12 bits per heavy atom. The van der Waals surface area contributed by atoms with Gasteiger partial charge in [0.05, 0.1) is 17.9 Å². The van der Waals surface area contributed by atoms with Crippen LogP contribution in [-0.2, 0) is 4.74 Å². The van der Waals surface area contributed by atoms with Gasteiger partial charge in [0.15, 0.2) is 5.75 Å². The van der Waals surface area contributed by atoms with E-state index in [4.69, 9.17) is 20.9 Å². The van der Waals surface area contributed by atoms with E-state index in [0.717, 1.165) is 6.42 Å². The summed E-state index contributed by atoms with van der Waals surface area (Å²) in [5.74, 6) is -0.186. The summed E-state index contributed by atoms with van der Waals surface area (Å²) in [5.41, 5.74) is 11.7. The number of amides is 1. The molecule has 5 nitrogen and oxygen atoms in total. The first-order valence-electron chi connectivity index (χ1n) is 5.55. The van der Waals surface area contributed by atoms with Crippen LogP contribution < -0.4 is 16.2 Å². The SMILES string of the molecule is CCOCCCOc1c(N)cccc1C(N)=O. The maximum absolute atomic E-state index is 11.2. The molecule has 0 atom stereocenters. The molecule has 0 aliphatic heterocycles. The van der Waals surface area contributed by atoms with Gasteiger partial charge < -0.3 is 20.9 Å². The van der Waals surface area contributed by atoms with Crippen molar-refractivity contribution in [1.29, 1.82) is 0 Å². The lowest BCUT2D eigenvalue weighted by Crippen LogP contribution is -2.15. The van der Waals surface area contributed by atoms with E-state index in [9.17, 15) is 4.79 Å². The maximum Gasteiger partial charge on any atom is 0.252 e. The summed E-state index contributed by atoms with van der Waals surface area (Å²) in [4.78, 5) is 11.2. The molecule has 17 heavy (non-hydrogen) atoms. The molecular weight excluding hydrogens is 220 g/mol. The number of primary amides is 1. The fraction of sp³-hybridized carbons (Fsp3) is 0.417. The Labute approximate surface area is 101 Å². The number of nitrogen functional groups attached to an aromatic ring is 1. The van der Waals surface area contributed by atoms with E-state index in [2.05, 4.69) is 0 Å². The highest BCUT2D eigenvalue weighted by molar-refractivity contribution is 5.97. The standard InChI is InChI=1S/C12H18N2O3/c1-2-16-7-4-8-17-11-9(12(14)15)5-3-6-10(11)13/h3,5-6H,2,4,7-8,13H2,1H3,(H2,14,15). The van der Waals surface area contributed by atoms with Crippen molar-refractivity contribution >= 4 is 11.6 Å². The van der Waals surface area contributed by atoms with E-state index in [-0.39, 0.29) is 0 Å². The fourth-order valence-electron chi connectivity index (χ4n) is 1.39. The Balaban J connectivity index is 2.60. The molecular formula is C12H18N2O3. The van der Waals surface area contributed by atoms with Crippen molar-refractivity contribution in [3.05, 3.63) is 23.8 Å². The molecule has 1 aromatic rings. The summed E-state index contributed by atoms with van der Waals surface area (Å²) in [6.07, 6.45) is 0.736. The minimum absolute atomic E-state index is 0.307. The second kappa shape index (κ2) is 6.75. The molecule has 1 amide bonds. The highest BCUT2D eigenvalue weighted by Gasteiger charge is 2.11. The Hall–Kier alpha value is -1.75. The van der Waals surface area contributed by atoms with Crippen LogP contribution in [0.5, 0.6) is 5.75 Å². The van der Waals surface area contributed by atoms with Gasteiger partial charge in [0.25, 0.3) is 5.91 Å². The molecule has 0 radical (unpaired) electrons. The van der Waals surface area contributed by atoms with Gasteiger partial charge >= 0.3 is 0 Å². The molecule has 0 saturated carbocycles. The van der Waals surface area contributed by atoms with Crippen LogP contribution in [0.2, 0.25) is 0 Å². The molecule has 0 aliphatic rings. The summed E-state index contributed by atoms with van der Waals surface area (Å²) in [6.45, 7) is 3.67. The fourth-order valence-corrected chi connectivity index (χ4v) is 1.39. The van der Waals surface area contributed by atoms with Crippen molar-refractivity contribution in [3.8, 4) is 5.75 Å². The predicted octanol–water partition coefficient (Wildman–Crippen LogP) is 1.17. The summed E-state index contributed by atoms with van der Waals surface area (Å²) >= 11 is 0. The number of benzene rings is 1. The molecule has 0 spiro atoms. The van der Waals surface area contributed by atoms with E-state index < -0.39 is 5.91 Å². The first-order valence-corrected chi connectivity index (χ1v) is 5.55. The molecule has 0 fully saturated rings. The van der Waals surface area contributed by atoms with Crippen molar-refractivity contribution in [2.75, 3.05) is 25.6 Å². The van der Waals surface area contributed by atoms with Gasteiger partial charge in [-0.15, -0.1) is 0 Å². The first kappa shape index (κ1) is 13.3. The Kier molecular flexibility index (Phi) is 5.29. The lowest BCUT2D eigenvalue weighted by molar-refractivity contribution is 0.0995. The Morgan fingerprint density at radius 3 is 2.76 bits per heavy atom. The van der Waals surface area contributed by atoms with Crippen molar-refractivity contribution in [3.63, 3.8) is 0 Å². The van der Waals surface area contributed by atoms with Crippen LogP contribution in [0.25, 0.3) is 0 Å². The zero-order valence-electron chi connectivity index (χ0n) is 9.94. The van der Waals surface area contributed by atoms with Gasteiger partial charge in [-0.25, -0.2) is 0 Å². The zero-order valence-corrected chi connectivity index (χ0v) is 9.94. The van der Waals surface area contributed by atoms with Gasteiger partial charge in [0.2, 0.25) is 0 Å². The third kappa shape index (κ3) is 3.96. The molecule has 0 aromatic heterocycles. The number of hydrogen-bond donors (Lipinski definition) is 2. The van der Waals surface area contributed by atoms with Crippen LogP contribution >= 0.6 is 0 Å². The van der Waals surface area contributed by atoms with Crippen LogP contribution in [-0.4, -0.2) is 25.7 Å². The smallest absolute Gasteiger partial charge is 0.252 e. The van der Waals surface area contributed by atoms with Gasteiger partial charge in [-0.2, -0.15) is 0 Å². The van der Waals surface area contributed by atoms with Gasteiger partial charge in [-0.3, -0.25) is 4.79 Å². The molecule has 0 aliphatic carbocycles. The molecule has 1 aromatic carbocycles. The van der Waals surface area contributed by atoms with Crippen LogP contribution in [0.15, 0.2) is 18.2 Å². The quantitative estimate of drug-likeness (QED) is 0.551. The molecule has 0 heterocycles. The van der Waals surface area contributed by atoms with Gasteiger partial charge in [0, 0.05) is 19.6 Å². The molecule has 4 N–H and O–H groups in total. The number of carbonyl (C=O) groups is 1. The van der Waals surface area contributed by atoms with Gasteiger partial charge in [-0.1, -0.05) is 6.07 Å². The topological polar surface area (TPSA) is 87.6 Å². The normalized spacial score (nSPS) is 10.2. The molecule has 0 unspecified atom stereocenters. The average molecular weight is 238 g/mol. The zero-order chi connectivity index (χ0) is 12.7.